The summed E-state index contributed by atoms with van der Waals surface area (Å²) >= 11 is 0. The Balaban J connectivity index is 3.99. The van der Waals surface area contributed by atoms with Gasteiger partial charge in [-0.05, 0) is 77.0 Å². The summed E-state index contributed by atoms with van der Waals surface area (Å²) in [5.41, 5.74) is 0. The van der Waals surface area contributed by atoms with E-state index >= 15 is 0 Å². The molecule has 0 aliphatic heterocycles. The first-order valence-corrected chi connectivity index (χ1v) is 37.5. The second kappa shape index (κ2) is 65.2. The van der Waals surface area contributed by atoms with Crippen molar-refractivity contribution in [2.75, 3.05) is 47.5 Å². The summed E-state index contributed by atoms with van der Waals surface area (Å²) in [6.07, 6.45) is 86.2. The highest BCUT2D eigenvalue weighted by atomic mass is 31.2. The lowest BCUT2D eigenvalue weighted by Crippen LogP contribution is -2.37. The first-order valence-electron chi connectivity index (χ1n) is 36.0. The van der Waals surface area contributed by atoms with Gasteiger partial charge in [0.25, 0.3) is 0 Å². The summed E-state index contributed by atoms with van der Waals surface area (Å²) in [5, 5.41) is 0. The smallest absolute Gasteiger partial charge is 0.462 e. The average Bonchev–Trinajstić information content (AvgIpc) is 3.61. The molecule has 0 aliphatic carbocycles. The number of likely N-dealkylation sites (N-methyl/N-ethyl adjacent to an activating group) is 1. The molecule has 1 N–H and O–H groups in total. The lowest BCUT2D eigenvalue weighted by atomic mass is 10.0. The Morgan fingerprint density at radius 2 is 0.679 bits per heavy atom. The van der Waals surface area contributed by atoms with Crippen LogP contribution < -0.4 is 0 Å². The summed E-state index contributed by atoms with van der Waals surface area (Å²) in [6, 6.07) is 0. The van der Waals surface area contributed by atoms with Crippen LogP contribution in [0.2, 0.25) is 0 Å². The molecule has 0 fully saturated rings. The molecule has 492 valence electrons. The molecular weight excluding hydrogens is 1060 g/mol. The van der Waals surface area contributed by atoms with Gasteiger partial charge < -0.3 is 18.9 Å². The summed E-state index contributed by atoms with van der Waals surface area (Å²) in [5.74, 6) is -0.780. The molecule has 0 aromatic heterocycles. The molecule has 2 unspecified atom stereocenters. The summed E-state index contributed by atoms with van der Waals surface area (Å²) in [6.45, 7) is 4.38. The number of carbonyl (C=O) groups is 2. The standard InChI is InChI=1S/C74H138NO8P/c1-6-8-10-12-14-16-18-20-22-24-26-28-30-32-34-36-37-39-40-42-44-46-48-50-52-54-56-58-60-62-64-66-73(76)80-70-72(71-82-84(78,79)81-69-68-75(3,4)5)83-74(77)67-65-63-61-59-57-55-53-51-49-47-45-43-41-38-35-33-31-29-27-25-23-21-19-17-15-13-11-9-7-2/h9,11,15,17,21,23-24,26-27,29,72H,6-8,10,12-14,16,18-20,22,25,28,30-71H2,1-5H3/p+1/b11-9-,17-15-,23-21-,26-24-,29-27-. The van der Waals surface area contributed by atoms with Gasteiger partial charge in [-0.1, -0.05) is 319 Å². The Morgan fingerprint density at radius 3 is 1.02 bits per heavy atom. The number of phosphoric ester groups is 1. The number of hydrogen-bond donors (Lipinski definition) is 1. The number of allylic oxidation sites excluding steroid dienone is 10. The lowest BCUT2D eigenvalue weighted by Gasteiger charge is -2.24. The Kier molecular flexibility index (Phi) is 63.4. The van der Waals surface area contributed by atoms with Crippen LogP contribution in [0.1, 0.15) is 348 Å². The molecule has 0 radical (unpaired) electrons. The van der Waals surface area contributed by atoms with E-state index < -0.39 is 26.5 Å². The first kappa shape index (κ1) is 81.7. The van der Waals surface area contributed by atoms with E-state index in [0.717, 1.165) is 57.8 Å². The Bertz CT molecular complexity index is 1600. The number of rotatable bonds is 67. The minimum absolute atomic E-state index is 0.0327. The Hall–Kier alpha value is -2.29. The largest absolute Gasteiger partial charge is 0.472 e. The predicted molar refractivity (Wildman–Crippen MR) is 363 cm³/mol. The third-order valence-electron chi connectivity index (χ3n) is 16.0. The number of carbonyl (C=O) groups excluding carboxylic acids is 2. The van der Waals surface area contributed by atoms with Gasteiger partial charge in [0.2, 0.25) is 0 Å². The number of hydrogen-bond acceptors (Lipinski definition) is 7. The van der Waals surface area contributed by atoms with Crippen LogP contribution in [0.15, 0.2) is 60.8 Å². The zero-order valence-electron chi connectivity index (χ0n) is 56.1. The van der Waals surface area contributed by atoms with E-state index in [9.17, 15) is 19.0 Å². The van der Waals surface area contributed by atoms with Crippen molar-refractivity contribution in [2.24, 2.45) is 0 Å². The number of phosphoric acid groups is 1. The van der Waals surface area contributed by atoms with Crippen molar-refractivity contribution in [3.05, 3.63) is 60.8 Å². The maximum atomic E-state index is 12.9. The van der Waals surface area contributed by atoms with Crippen molar-refractivity contribution in [3.8, 4) is 0 Å². The molecule has 2 atom stereocenters. The van der Waals surface area contributed by atoms with Crippen LogP contribution in [-0.4, -0.2) is 74.9 Å². The number of ether oxygens (including phenoxy) is 2. The Morgan fingerprint density at radius 1 is 0.381 bits per heavy atom. The monoisotopic (exact) mass is 1200 g/mol. The van der Waals surface area contributed by atoms with Gasteiger partial charge in [0.1, 0.15) is 19.8 Å². The van der Waals surface area contributed by atoms with Crippen LogP contribution in [0, 0.1) is 0 Å². The van der Waals surface area contributed by atoms with Gasteiger partial charge in [0.15, 0.2) is 6.10 Å². The Labute approximate surface area is 521 Å². The maximum Gasteiger partial charge on any atom is 0.472 e. The van der Waals surface area contributed by atoms with E-state index in [2.05, 4.69) is 74.6 Å². The van der Waals surface area contributed by atoms with E-state index in [-0.39, 0.29) is 25.6 Å². The fourth-order valence-electron chi connectivity index (χ4n) is 10.5. The molecule has 0 aromatic carbocycles. The molecule has 0 bridgehead atoms. The highest BCUT2D eigenvalue weighted by molar-refractivity contribution is 7.47. The molecule has 0 saturated carbocycles. The zero-order chi connectivity index (χ0) is 61.2. The van der Waals surface area contributed by atoms with E-state index in [4.69, 9.17) is 18.5 Å². The number of nitrogens with zero attached hydrogens (tertiary/aromatic N) is 1. The fraction of sp³-hybridized carbons (Fsp3) is 0.838. The van der Waals surface area contributed by atoms with Gasteiger partial charge in [-0.25, -0.2) is 4.57 Å². The maximum absolute atomic E-state index is 12.9. The van der Waals surface area contributed by atoms with Gasteiger partial charge >= 0.3 is 19.8 Å². The van der Waals surface area contributed by atoms with E-state index in [1.807, 2.05) is 21.1 Å². The van der Waals surface area contributed by atoms with Crippen molar-refractivity contribution >= 4 is 19.8 Å². The van der Waals surface area contributed by atoms with Crippen LogP contribution in [0.5, 0.6) is 0 Å². The topological polar surface area (TPSA) is 108 Å². The average molecular weight is 1200 g/mol. The van der Waals surface area contributed by atoms with Crippen LogP contribution >= 0.6 is 7.82 Å². The number of unbranched alkanes of at least 4 members (excludes halogenated alkanes) is 43. The molecule has 0 spiro atoms. The van der Waals surface area contributed by atoms with Gasteiger partial charge in [0.05, 0.1) is 27.7 Å². The van der Waals surface area contributed by atoms with Crippen molar-refractivity contribution in [1.29, 1.82) is 0 Å². The van der Waals surface area contributed by atoms with Crippen LogP contribution in [0.4, 0.5) is 0 Å². The number of quaternary nitrogens is 1. The second-order valence-electron chi connectivity index (χ2n) is 25.6. The second-order valence-corrected chi connectivity index (χ2v) is 27.0. The summed E-state index contributed by atoms with van der Waals surface area (Å²) < 4.78 is 34.8. The molecule has 0 saturated heterocycles. The third-order valence-corrected chi connectivity index (χ3v) is 17.0. The van der Waals surface area contributed by atoms with Crippen molar-refractivity contribution < 1.29 is 42.1 Å². The molecule has 84 heavy (non-hydrogen) atoms. The quantitative estimate of drug-likeness (QED) is 0.0211. The first-order chi connectivity index (χ1) is 41.0. The van der Waals surface area contributed by atoms with Crippen LogP contribution in [0.25, 0.3) is 0 Å². The van der Waals surface area contributed by atoms with Crippen LogP contribution in [-0.2, 0) is 32.7 Å². The normalized spacial score (nSPS) is 13.5. The molecule has 10 heteroatoms. The lowest BCUT2D eigenvalue weighted by molar-refractivity contribution is -0.870. The van der Waals surface area contributed by atoms with Gasteiger partial charge in [0, 0.05) is 12.8 Å². The van der Waals surface area contributed by atoms with Gasteiger partial charge in [-0.3, -0.25) is 18.6 Å². The highest BCUT2D eigenvalue weighted by Crippen LogP contribution is 2.43. The molecular formula is C74H139NO8P+. The minimum atomic E-state index is -4.39. The SMILES string of the molecule is CC/C=C\C/C=C\C/C=C\C/C=C\CCCCCCCCCCCCCCCCCCC(=O)OC(COC(=O)CCCCCCCCCCCCCCCCCCCCC/C=C\CCCCCCCCCC)COP(=O)(O)OCC[N+](C)(C)C. The molecule has 0 aliphatic rings. The molecule has 0 rings (SSSR count). The summed E-state index contributed by atoms with van der Waals surface area (Å²) in [7, 11) is 1.49. The van der Waals surface area contributed by atoms with Crippen molar-refractivity contribution in [1.82, 2.24) is 0 Å². The van der Waals surface area contributed by atoms with E-state index in [0.29, 0.717) is 23.9 Å². The molecule has 0 heterocycles. The molecule has 0 amide bonds. The van der Waals surface area contributed by atoms with Gasteiger partial charge in [-0.15, -0.1) is 0 Å². The third kappa shape index (κ3) is 68.8. The van der Waals surface area contributed by atoms with Crippen molar-refractivity contribution in [3.63, 3.8) is 0 Å². The van der Waals surface area contributed by atoms with Crippen LogP contribution in [0.3, 0.4) is 0 Å². The minimum Gasteiger partial charge on any atom is -0.462 e. The fourth-order valence-corrected chi connectivity index (χ4v) is 11.3. The predicted octanol–water partition coefficient (Wildman–Crippen LogP) is 23.4. The molecule has 9 nitrogen and oxygen atoms in total. The highest BCUT2D eigenvalue weighted by Gasteiger charge is 2.27. The van der Waals surface area contributed by atoms with E-state index in [1.54, 1.807) is 0 Å². The number of esters is 2. The van der Waals surface area contributed by atoms with Gasteiger partial charge in [-0.2, -0.15) is 0 Å². The molecule has 0 aromatic rings. The van der Waals surface area contributed by atoms with E-state index in [1.165, 1.54) is 257 Å². The summed E-state index contributed by atoms with van der Waals surface area (Å²) in [4.78, 5) is 35.9. The zero-order valence-corrected chi connectivity index (χ0v) is 57.0. The van der Waals surface area contributed by atoms with Crippen molar-refractivity contribution in [2.45, 2.75) is 354 Å².